The summed E-state index contributed by atoms with van der Waals surface area (Å²) >= 11 is 0. The third kappa shape index (κ3) is 11.5. The fourth-order valence-electron chi connectivity index (χ4n) is 4.64. The Morgan fingerprint density at radius 1 is 1.10 bits per heavy atom. The maximum Gasteiger partial charge on any atom is 0.407 e. The average molecular weight is 536 g/mol. The highest BCUT2D eigenvalue weighted by atomic mass is 16.6. The van der Waals surface area contributed by atoms with Crippen LogP contribution in [0.25, 0.3) is 0 Å². The molecule has 0 aromatic heterocycles. The summed E-state index contributed by atoms with van der Waals surface area (Å²) in [6.07, 6.45) is 5.42. The Bertz CT molecular complexity index is 1010. The highest BCUT2D eigenvalue weighted by molar-refractivity contribution is 5.80. The van der Waals surface area contributed by atoms with Crippen molar-refractivity contribution in [3.8, 4) is 0 Å². The van der Waals surface area contributed by atoms with Crippen LogP contribution >= 0.6 is 0 Å². The van der Waals surface area contributed by atoms with Crippen molar-refractivity contribution in [2.75, 3.05) is 32.7 Å². The van der Waals surface area contributed by atoms with Crippen molar-refractivity contribution in [2.45, 2.75) is 64.5 Å². The first-order valence-electron chi connectivity index (χ1n) is 13.9. The van der Waals surface area contributed by atoms with Crippen LogP contribution in [0, 0.1) is 0 Å². The molecule has 0 aliphatic carbocycles. The number of carbonyl (C=O) groups excluding carboxylic acids is 1. The Hall–Kier alpha value is -3.36. The molecule has 0 radical (unpaired) electrons. The van der Waals surface area contributed by atoms with Gasteiger partial charge in [0, 0.05) is 51.0 Å². The van der Waals surface area contributed by atoms with Gasteiger partial charge in [-0.3, -0.25) is 15.3 Å². The normalized spacial score (nSPS) is 15.5. The Kier molecular flexibility index (Phi) is 11.8. The number of nitrogens with zero attached hydrogens (tertiary/aromatic N) is 3. The molecule has 3 rings (SSSR count). The first kappa shape index (κ1) is 30.2. The molecule has 0 atom stereocenters. The minimum atomic E-state index is -0.522. The van der Waals surface area contributed by atoms with Crippen molar-refractivity contribution in [1.82, 2.24) is 20.6 Å². The van der Waals surface area contributed by atoms with E-state index >= 15 is 0 Å². The van der Waals surface area contributed by atoms with Crippen LogP contribution in [0.15, 0.2) is 78.1 Å². The number of hydrogen-bond acceptors (Lipinski definition) is 6. The Balaban J connectivity index is 1.38. The Labute approximate surface area is 233 Å². The average Bonchev–Trinajstić information content (AvgIpc) is 2.91. The number of rotatable bonds is 11. The van der Waals surface area contributed by atoms with E-state index in [1.165, 1.54) is 11.1 Å². The van der Waals surface area contributed by atoms with Crippen molar-refractivity contribution < 1.29 is 14.7 Å². The van der Waals surface area contributed by atoms with Gasteiger partial charge in [0.1, 0.15) is 5.60 Å². The van der Waals surface area contributed by atoms with E-state index in [1.807, 2.05) is 27.7 Å². The van der Waals surface area contributed by atoms with Gasteiger partial charge in [-0.2, -0.15) is 0 Å². The van der Waals surface area contributed by atoms with Crippen LogP contribution < -0.4 is 10.6 Å². The molecule has 1 amide bonds. The van der Waals surface area contributed by atoms with Crippen molar-refractivity contribution >= 4 is 11.9 Å². The summed E-state index contributed by atoms with van der Waals surface area (Å²) in [6.45, 7) is 11.3. The number of piperidine rings is 1. The highest BCUT2D eigenvalue weighted by Crippen LogP contribution is 2.27. The number of carbonyl (C=O) groups is 1. The maximum absolute atomic E-state index is 11.6. The number of hydrogen-bond donors (Lipinski definition) is 3. The summed E-state index contributed by atoms with van der Waals surface area (Å²) in [5.74, 6) is 1.19. The lowest BCUT2D eigenvalue weighted by Gasteiger charge is -2.33. The van der Waals surface area contributed by atoms with Crippen molar-refractivity contribution in [3.63, 3.8) is 0 Å². The van der Waals surface area contributed by atoms with Gasteiger partial charge in [-0.05, 0) is 58.1 Å². The predicted octanol–water partition coefficient (Wildman–Crippen LogP) is 5.37. The summed E-state index contributed by atoms with van der Waals surface area (Å²) in [5.41, 5.74) is 2.19. The molecule has 0 saturated carbocycles. The van der Waals surface area contributed by atoms with E-state index in [9.17, 15) is 10.0 Å². The maximum atomic E-state index is 11.6. The number of benzene rings is 2. The molecular formula is C31H45N5O3. The second kappa shape index (κ2) is 15.3. The predicted molar refractivity (Wildman–Crippen MR) is 157 cm³/mol. The number of likely N-dealkylation sites (tertiary alicyclic amines) is 1. The lowest BCUT2D eigenvalue weighted by Crippen LogP contribution is -2.38. The number of amides is 1. The Morgan fingerprint density at radius 3 is 2.26 bits per heavy atom. The van der Waals surface area contributed by atoms with Gasteiger partial charge in [0.15, 0.2) is 0 Å². The summed E-state index contributed by atoms with van der Waals surface area (Å²) in [4.78, 5) is 19.1. The molecule has 0 unspecified atom stereocenters. The molecule has 8 heteroatoms. The minimum Gasteiger partial charge on any atom is -0.444 e. The molecule has 1 saturated heterocycles. The molecule has 1 fully saturated rings. The molecule has 1 aliphatic heterocycles. The van der Waals surface area contributed by atoms with Crippen molar-refractivity contribution in [1.29, 1.82) is 0 Å². The lowest BCUT2D eigenvalue weighted by molar-refractivity contribution is -0.0416. The lowest BCUT2D eigenvalue weighted by atomic mass is 9.90. The van der Waals surface area contributed by atoms with E-state index in [-0.39, 0.29) is 0 Å². The van der Waals surface area contributed by atoms with E-state index in [0.717, 1.165) is 43.4 Å². The molecule has 212 valence electrons. The van der Waals surface area contributed by atoms with E-state index < -0.39 is 11.7 Å². The molecule has 2 aromatic rings. The van der Waals surface area contributed by atoms with Crippen LogP contribution in [0.3, 0.4) is 0 Å². The molecule has 8 nitrogen and oxygen atoms in total. The van der Waals surface area contributed by atoms with Crippen LogP contribution in [-0.4, -0.2) is 71.5 Å². The zero-order valence-electron chi connectivity index (χ0n) is 23.8. The smallest absolute Gasteiger partial charge is 0.407 e. The van der Waals surface area contributed by atoms with Gasteiger partial charge in [0.25, 0.3) is 0 Å². The standard InChI is InChI=1S/C31H45N5O3/c1-25(32-19-23-36(38)20-11-18-33-30(37)39-31(2,3)4)34-28-16-21-35(22-17-28)24-29(26-12-7-5-8-13-26)27-14-9-6-10-15-27/h5-10,12-15,19,23,28-29,38H,11,16-18,20-22,24H2,1-4H3,(H,32,34)(H,33,37)/b23-19-. The van der Waals surface area contributed by atoms with Crippen molar-refractivity contribution in [3.05, 3.63) is 84.2 Å². The SMILES string of the molecule is CC(=NC1CCN(CC(c2ccccc2)c2ccccc2)CC1)N/C=C\N(O)CCCNC(=O)OC(C)(C)C. The first-order chi connectivity index (χ1) is 18.7. The largest absolute Gasteiger partial charge is 0.444 e. The number of aliphatic imine (C=N–C) groups is 1. The molecule has 0 bridgehead atoms. The van der Waals surface area contributed by atoms with Gasteiger partial charge in [-0.25, -0.2) is 4.79 Å². The van der Waals surface area contributed by atoms with Gasteiger partial charge in [-0.1, -0.05) is 60.7 Å². The molecule has 39 heavy (non-hydrogen) atoms. The first-order valence-corrected chi connectivity index (χ1v) is 13.9. The third-order valence-electron chi connectivity index (χ3n) is 6.55. The third-order valence-corrected chi connectivity index (χ3v) is 6.55. The van der Waals surface area contributed by atoms with Gasteiger partial charge < -0.3 is 20.3 Å². The Morgan fingerprint density at radius 2 is 1.69 bits per heavy atom. The van der Waals surface area contributed by atoms with E-state index in [2.05, 4.69) is 76.2 Å². The van der Waals surface area contributed by atoms with Crippen LogP contribution in [-0.2, 0) is 4.74 Å². The van der Waals surface area contributed by atoms with Crippen LogP contribution in [0.2, 0.25) is 0 Å². The fraction of sp³-hybridized carbons (Fsp3) is 0.484. The molecule has 2 aromatic carbocycles. The molecule has 0 spiro atoms. The second-order valence-corrected chi connectivity index (χ2v) is 11.0. The monoisotopic (exact) mass is 535 g/mol. The summed E-state index contributed by atoms with van der Waals surface area (Å²) in [7, 11) is 0. The highest BCUT2D eigenvalue weighted by Gasteiger charge is 2.23. The van der Waals surface area contributed by atoms with Crippen LogP contribution in [0.5, 0.6) is 0 Å². The van der Waals surface area contributed by atoms with Gasteiger partial charge in [0.05, 0.1) is 11.9 Å². The fourth-order valence-corrected chi connectivity index (χ4v) is 4.64. The van der Waals surface area contributed by atoms with Gasteiger partial charge >= 0.3 is 6.09 Å². The molecule has 1 aliphatic rings. The molecule has 1 heterocycles. The number of ether oxygens (including phenoxy) is 1. The molecule has 3 N–H and O–H groups in total. The number of nitrogens with one attached hydrogen (secondary N) is 2. The molecular weight excluding hydrogens is 490 g/mol. The topological polar surface area (TPSA) is 89.4 Å². The second-order valence-electron chi connectivity index (χ2n) is 11.0. The quantitative estimate of drug-likeness (QED) is 0.155. The summed E-state index contributed by atoms with van der Waals surface area (Å²) in [6, 6.07) is 21.8. The van der Waals surface area contributed by atoms with Gasteiger partial charge in [0.2, 0.25) is 0 Å². The van der Waals surface area contributed by atoms with Crippen LogP contribution in [0.1, 0.15) is 64.0 Å². The van der Waals surface area contributed by atoms with E-state index in [1.54, 1.807) is 12.4 Å². The van der Waals surface area contributed by atoms with Crippen molar-refractivity contribution in [2.24, 2.45) is 4.99 Å². The number of alkyl carbamates (subject to hydrolysis) is 1. The van der Waals surface area contributed by atoms with E-state index in [4.69, 9.17) is 9.73 Å². The summed E-state index contributed by atoms with van der Waals surface area (Å²) < 4.78 is 5.19. The van der Waals surface area contributed by atoms with Crippen LogP contribution in [0.4, 0.5) is 4.79 Å². The number of amidine groups is 1. The van der Waals surface area contributed by atoms with E-state index in [0.29, 0.717) is 31.5 Å². The van der Waals surface area contributed by atoms with Gasteiger partial charge in [-0.15, -0.1) is 0 Å². The number of hydroxylamine groups is 2. The zero-order chi connectivity index (χ0) is 28.1. The zero-order valence-corrected chi connectivity index (χ0v) is 23.8. The minimum absolute atomic E-state index is 0.290. The summed E-state index contributed by atoms with van der Waals surface area (Å²) in [5, 5.41) is 16.9.